The molecule has 1 rings (SSSR count). The first-order valence-electron chi connectivity index (χ1n) is 6.73. The third-order valence-corrected chi connectivity index (χ3v) is 4.16. The lowest BCUT2D eigenvalue weighted by atomic mass is 9.79. The van der Waals surface area contributed by atoms with Gasteiger partial charge in [-0.05, 0) is 58.4 Å². The van der Waals surface area contributed by atoms with Gasteiger partial charge in [-0.1, -0.05) is 19.9 Å². The topological polar surface area (TPSA) is 26.3 Å². The highest BCUT2D eigenvalue weighted by molar-refractivity contribution is 5.76. The molecule has 0 bridgehead atoms. The Morgan fingerprint density at radius 3 is 2.24 bits per heavy atom. The van der Waals surface area contributed by atoms with E-state index in [1.165, 1.54) is 6.42 Å². The molecule has 1 aliphatic rings. The fourth-order valence-corrected chi connectivity index (χ4v) is 2.20. The number of hydrogen-bond acceptors (Lipinski definition) is 2. The summed E-state index contributed by atoms with van der Waals surface area (Å²) < 4.78 is 5.86. The molecule has 0 aromatic carbocycles. The van der Waals surface area contributed by atoms with Crippen molar-refractivity contribution in [2.75, 3.05) is 0 Å². The number of carbonyl (C=O) groups excluding carboxylic acids is 1. The Labute approximate surface area is 105 Å². The van der Waals surface area contributed by atoms with Crippen molar-refractivity contribution >= 4 is 5.97 Å². The molecule has 1 saturated carbocycles. The molecular weight excluding hydrogens is 212 g/mol. The second-order valence-corrected chi connectivity index (χ2v) is 5.96. The predicted molar refractivity (Wildman–Crippen MR) is 70.8 cm³/mol. The summed E-state index contributed by atoms with van der Waals surface area (Å²) in [5.41, 5.74) is 0.222. The van der Waals surface area contributed by atoms with Gasteiger partial charge in [-0.15, -0.1) is 0 Å². The molecule has 2 nitrogen and oxygen atoms in total. The molecule has 1 fully saturated rings. The standard InChI is InChI=1S/C15H26O2/c1-6-14(4,5)13(16)17-15(12(2)3)10-8-7-9-11-15/h2,6-11H2,1,3-5H3. The van der Waals surface area contributed by atoms with Crippen LogP contribution in [0.1, 0.15) is 66.2 Å². The third kappa shape index (κ3) is 3.11. The fourth-order valence-electron chi connectivity index (χ4n) is 2.20. The molecule has 0 atom stereocenters. The number of carbonyl (C=O) groups is 1. The molecule has 0 aromatic heterocycles. The molecule has 0 radical (unpaired) electrons. The maximum absolute atomic E-state index is 12.2. The fraction of sp³-hybridized carbons (Fsp3) is 0.800. The van der Waals surface area contributed by atoms with Crippen LogP contribution in [0.3, 0.4) is 0 Å². The van der Waals surface area contributed by atoms with E-state index in [9.17, 15) is 4.79 Å². The van der Waals surface area contributed by atoms with Crippen LogP contribution >= 0.6 is 0 Å². The van der Waals surface area contributed by atoms with Gasteiger partial charge in [-0.3, -0.25) is 4.79 Å². The molecule has 0 aromatic rings. The minimum absolute atomic E-state index is 0.0788. The van der Waals surface area contributed by atoms with Gasteiger partial charge in [0, 0.05) is 0 Å². The van der Waals surface area contributed by atoms with Crippen molar-refractivity contribution in [1.82, 2.24) is 0 Å². The van der Waals surface area contributed by atoms with E-state index in [4.69, 9.17) is 4.74 Å². The Kier molecular flexibility index (Phi) is 4.40. The lowest BCUT2D eigenvalue weighted by Crippen LogP contribution is -2.42. The Morgan fingerprint density at radius 2 is 1.82 bits per heavy atom. The van der Waals surface area contributed by atoms with E-state index in [0.717, 1.165) is 37.7 Å². The Morgan fingerprint density at radius 1 is 1.29 bits per heavy atom. The summed E-state index contributed by atoms with van der Waals surface area (Å²) in [6.07, 6.45) is 6.18. The highest BCUT2D eigenvalue weighted by Crippen LogP contribution is 2.39. The maximum Gasteiger partial charge on any atom is 0.312 e. The second kappa shape index (κ2) is 5.24. The van der Waals surface area contributed by atoms with Crippen LogP contribution in [0.25, 0.3) is 0 Å². The average Bonchev–Trinajstić information content (AvgIpc) is 2.30. The molecule has 0 amide bonds. The highest BCUT2D eigenvalue weighted by atomic mass is 16.6. The van der Waals surface area contributed by atoms with Gasteiger partial charge in [0.05, 0.1) is 5.41 Å². The highest BCUT2D eigenvalue weighted by Gasteiger charge is 2.40. The zero-order valence-electron chi connectivity index (χ0n) is 11.8. The second-order valence-electron chi connectivity index (χ2n) is 5.96. The summed E-state index contributed by atoms with van der Waals surface area (Å²) >= 11 is 0. The molecule has 0 heterocycles. The molecule has 2 heteroatoms. The molecular formula is C15H26O2. The summed E-state index contributed by atoms with van der Waals surface area (Å²) in [5.74, 6) is -0.0788. The number of rotatable bonds is 4. The van der Waals surface area contributed by atoms with E-state index < -0.39 is 0 Å². The quantitative estimate of drug-likeness (QED) is 0.541. The van der Waals surface area contributed by atoms with E-state index in [-0.39, 0.29) is 17.0 Å². The number of hydrogen-bond donors (Lipinski definition) is 0. The van der Waals surface area contributed by atoms with E-state index in [1.54, 1.807) is 0 Å². The summed E-state index contributed by atoms with van der Waals surface area (Å²) in [7, 11) is 0. The van der Waals surface area contributed by atoms with Crippen LogP contribution in [0.2, 0.25) is 0 Å². The predicted octanol–water partition coefficient (Wildman–Crippen LogP) is 4.24. The minimum atomic E-state index is -0.389. The molecule has 17 heavy (non-hydrogen) atoms. The molecule has 98 valence electrons. The van der Waals surface area contributed by atoms with Crippen molar-refractivity contribution in [2.45, 2.75) is 71.8 Å². The first-order valence-corrected chi connectivity index (χ1v) is 6.73. The molecule has 0 unspecified atom stereocenters. The largest absolute Gasteiger partial charge is 0.454 e. The van der Waals surface area contributed by atoms with Gasteiger partial charge in [-0.2, -0.15) is 0 Å². The molecule has 0 aliphatic heterocycles. The summed E-state index contributed by atoms with van der Waals surface area (Å²) in [6.45, 7) is 11.9. The van der Waals surface area contributed by atoms with E-state index >= 15 is 0 Å². The van der Waals surface area contributed by atoms with Gasteiger partial charge in [0.25, 0.3) is 0 Å². The van der Waals surface area contributed by atoms with Crippen molar-refractivity contribution in [1.29, 1.82) is 0 Å². The van der Waals surface area contributed by atoms with Crippen LogP contribution in [0.5, 0.6) is 0 Å². The third-order valence-electron chi connectivity index (χ3n) is 4.16. The number of ether oxygens (including phenoxy) is 1. The SMILES string of the molecule is C=C(C)C1(OC(=O)C(C)(C)CC)CCCCC1. The molecule has 0 spiro atoms. The van der Waals surface area contributed by atoms with Gasteiger partial charge < -0.3 is 4.74 Å². The van der Waals surface area contributed by atoms with Gasteiger partial charge in [0.15, 0.2) is 0 Å². The van der Waals surface area contributed by atoms with Crippen molar-refractivity contribution < 1.29 is 9.53 Å². The number of esters is 1. The van der Waals surface area contributed by atoms with Gasteiger partial charge in [0.2, 0.25) is 0 Å². The van der Waals surface area contributed by atoms with Crippen LogP contribution in [0, 0.1) is 5.41 Å². The Bertz CT molecular complexity index is 296. The van der Waals surface area contributed by atoms with Crippen LogP contribution in [-0.4, -0.2) is 11.6 Å². The molecule has 0 saturated heterocycles. The Balaban J connectivity index is 2.81. The lowest BCUT2D eigenvalue weighted by molar-refractivity contribution is -0.169. The van der Waals surface area contributed by atoms with Gasteiger partial charge in [0.1, 0.15) is 5.60 Å². The zero-order chi connectivity index (χ0) is 13.1. The van der Waals surface area contributed by atoms with Crippen molar-refractivity contribution in [2.24, 2.45) is 5.41 Å². The van der Waals surface area contributed by atoms with E-state index in [1.807, 2.05) is 27.7 Å². The first kappa shape index (κ1) is 14.3. The summed E-state index contributed by atoms with van der Waals surface area (Å²) in [5, 5.41) is 0. The van der Waals surface area contributed by atoms with Crippen LogP contribution in [-0.2, 0) is 9.53 Å². The lowest BCUT2D eigenvalue weighted by Gasteiger charge is -2.39. The molecule has 0 N–H and O–H groups in total. The maximum atomic E-state index is 12.2. The summed E-state index contributed by atoms with van der Waals surface area (Å²) in [6, 6.07) is 0. The van der Waals surface area contributed by atoms with Crippen LogP contribution in [0.4, 0.5) is 0 Å². The smallest absolute Gasteiger partial charge is 0.312 e. The normalized spacial score (nSPS) is 19.8. The first-order chi connectivity index (χ1) is 7.84. The van der Waals surface area contributed by atoms with E-state index in [2.05, 4.69) is 6.58 Å². The summed E-state index contributed by atoms with van der Waals surface area (Å²) in [4.78, 5) is 12.2. The average molecular weight is 238 g/mol. The van der Waals surface area contributed by atoms with Gasteiger partial charge >= 0.3 is 5.97 Å². The monoisotopic (exact) mass is 238 g/mol. The van der Waals surface area contributed by atoms with Crippen molar-refractivity contribution in [3.8, 4) is 0 Å². The van der Waals surface area contributed by atoms with Crippen LogP contribution < -0.4 is 0 Å². The minimum Gasteiger partial charge on any atom is -0.454 e. The van der Waals surface area contributed by atoms with Gasteiger partial charge in [-0.25, -0.2) is 0 Å². The van der Waals surface area contributed by atoms with E-state index in [0.29, 0.717) is 0 Å². The Hall–Kier alpha value is -0.790. The van der Waals surface area contributed by atoms with Crippen molar-refractivity contribution in [3.63, 3.8) is 0 Å². The van der Waals surface area contributed by atoms with Crippen molar-refractivity contribution in [3.05, 3.63) is 12.2 Å². The zero-order valence-corrected chi connectivity index (χ0v) is 11.8. The van der Waals surface area contributed by atoms with Crippen LogP contribution in [0.15, 0.2) is 12.2 Å². The molecule has 1 aliphatic carbocycles.